The van der Waals surface area contributed by atoms with E-state index in [0.717, 1.165) is 11.3 Å². The predicted molar refractivity (Wildman–Crippen MR) is 67.7 cm³/mol. The Morgan fingerprint density at radius 2 is 2.17 bits per heavy atom. The van der Waals surface area contributed by atoms with Crippen molar-refractivity contribution in [2.45, 2.75) is 6.04 Å². The first-order valence-electron chi connectivity index (χ1n) is 5.49. The van der Waals surface area contributed by atoms with E-state index in [4.69, 9.17) is 10.8 Å². The highest BCUT2D eigenvalue weighted by Gasteiger charge is 2.13. The molecule has 0 aliphatic heterocycles. The van der Waals surface area contributed by atoms with Gasteiger partial charge in [0.2, 0.25) is 5.91 Å². The van der Waals surface area contributed by atoms with Gasteiger partial charge in [0.1, 0.15) is 6.04 Å². The molecular formula is C12H14N4O2. The van der Waals surface area contributed by atoms with Crippen molar-refractivity contribution in [1.29, 1.82) is 0 Å². The van der Waals surface area contributed by atoms with E-state index in [0.29, 0.717) is 5.82 Å². The summed E-state index contributed by atoms with van der Waals surface area (Å²) in [5.41, 5.74) is 7.15. The maximum absolute atomic E-state index is 11.4. The number of benzene rings is 1. The first-order chi connectivity index (χ1) is 8.70. The Balaban J connectivity index is 2.10. The van der Waals surface area contributed by atoms with Crippen molar-refractivity contribution < 1.29 is 9.90 Å². The van der Waals surface area contributed by atoms with Gasteiger partial charge in [0.25, 0.3) is 0 Å². The lowest BCUT2D eigenvalue weighted by Gasteiger charge is -2.06. The lowest BCUT2D eigenvalue weighted by molar-refractivity contribution is -0.118. The van der Waals surface area contributed by atoms with E-state index in [1.165, 1.54) is 0 Å². The molecule has 0 unspecified atom stereocenters. The first-order valence-corrected chi connectivity index (χ1v) is 5.49. The molecule has 5 N–H and O–H groups in total. The minimum absolute atomic E-state index is 0.378. The van der Waals surface area contributed by atoms with Gasteiger partial charge in [-0.15, -0.1) is 0 Å². The largest absolute Gasteiger partial charge is 0.394 e. The van der Waals surface area contributed by atoms with Crippen LogP contribution in [0.15, 0.2) is 36.4 Å². The molecule has 0 radical (unpaired) electrons. The van der Waals surface area contributed by atoms with Crippen molar-refractivity contribution in [1.82, 2.24) is 10.2 Å². The molecule has 1 atom stereocenters. The highest BCUT2D eigenvalue weighted by molar-refractivity contribution is 5.94. The number of aliphatic hydroxyl groups excluding tert-OH is 1. The third-order valence-corrected chi connectivity index (χ3v) is 2.45. The van der Waals surface area contributed by atoms with Gasteiger partial charge in [0, 0.05) is 6.07 Å². The van der Waals surface area contributed by atoms with Crippen molar-refractivity contribution in [3.8, 4) is 11.3 Å². The summed E-state index contributed by atoms with van der Waals surface area (Å²) in [6.07, 6.45) is 0. The quantitative estimate of drug-likeness (QED) is 0.624. The summed E-state index contributed by atoms with van der Waals surface area (Å²) in [4.78, 5) is 11.4. The number of carbonyl (C=O) groups excluding carboxylic acids is 1. The second kappa shape index (κ2) is 5.44. The standard InChI is InChI=1S/C12H14N4O2/c13-9(7-17)12(18)14-11-6-10(15-16-11)8-4-2-1-3-5-8/h1-6,9,17H,7,13H2,(H2,14,15,16,18)/t9-/m1/s1. The number of nitrogens with zero attached hydrogens (tertiary/aromatic N) is 1. The molecule has 94 valence electrons. The number of H-pyrrole nitrogens is 1. The smallest absolute Gasteiger partial charge is 0.244 e. The average molecular weight is 246 g/mol. The summed E-state index contributed by atoms with van der Waals surface area (Å²) in [5, 5.41) is 18.0. The van der Waals surface area contributed by atoms with Crippen LogP contribution in [-0.2, 0) is 4.79 Å². The number of anilines is 1. The highest BCUT2D eigenvalue weighted by atomic mass is 16.3. The molecule has 2 rings (SSSR count). The topological polar surface area (TPSA) is 104 Å². The predicted octanol–water partition coefficient (Wildman–Crippen LogP) is 0.335. The number of aromatic nitrogens is 2. The number of hydrogen-bond acceptors (Lipinski definition) is 4. The SMILES string of the molecule is N[C@H](CO)C(=O)Nc1cc(-c2ccccc2)[nH]n1. The van der Waals surface area contributed by atoms with Gasteiger partial charge in [-0.25, -0.2) is 0 Å². The number of nitrogens with one attached hydrogen (secondary N) is 2. The minimum Gasteiger partial charge on any atom is -0.394 e. The minimum atomic E-state index is -0.943. The zero-order chi connectivity index (χ0) is 13.0. The zero-order valence-corrected chi connectivity index (χ0v) is 9.63. The molecule has 0 bridgehead atoms. The van der Waals surface area contributed by atoms with Crippen molar-refractivity contribution in [2.75, 3.05) is 11.9 Å². The van der Waals surface area contributed by atoms with Crippen LogP contribution in [0.3, 0.4) is 0 Å². The lowest BCUT2D eigenvalue weighted by atomic mass is 10.1. The van der Waals surface area contributed by atoms with Crippen LogP contribution in [0, 0.1) is 0 Å². The van der Waals surface area contributed by atoms with E-state index in [1.807, 2.05) is 30.3 Å². The number of aliphatic hydroxyl groups is 1. The van der Waals surface area contributed by atoms with Gasteiger partial charge in [-0.1, -0.05) is 30.3 Å². The summed E-state index contributed by atoms with van der Waals surface area (Å²) < 4.78 is 0. The molecule has 2 aromatic rings. The fourth-order valence-electron chi connectivity index (χ4n) is 1.45. The van der Waals surface area contributed by atoms with Gasteiger partial charge in [-0.05, 0) is 5.56 Å². The summed E-state index contributed by atoms with van der Waals surface area (Å²) in [6.45, 7) is -0.401. The van der Waals surface area contributed by atoms with Crippen LogP contribution in [0.4, 0.5) is 5.82 Å². The number of nitrogens with two attached hydrogens (primary N) is 1. The van der Waals surface area contributed by atoms with E-state index < -0.39 is 18.6 Å². The Morgan fingerprint density at radius 3 is 2.83 bits per heavy atom. The summed E-state index contributed by atoms with van der Waals surface area (Å²) >= 11 is 0. The average Bonchev–Trinajstić information content (AvgIpc) is 2.87. The van der Waals surface area contributed by atoms with Crippen LogP contribution < -0.4 is 11.1 Å². The zero-order valence-electron chi connectivity index (χ0n) is 9.63. The fourth-order valence-corrected chi connectivity index (χ4v) is 1.45. The Hall–Kier alpha value is -2.18. The van der Waals surface area contributed by atoms with Crippen molar-refractivity contribution >= 4 is 11.7 Å². The first kappa shape index (κ1) is 12.3. The van der Waals surface area contributed by atoms with Crippen LogP contribution in [0.5, 0.6) is 0 Å². The van der Waals surface area contributed by atoms with Crippen LogP contribution >= 0.6 is 0 Å². The summed E-state index contributed by atoms with van der Waals surface area (Å²) in [7, 11) is 0. The van der Waals surface area contributed by atoms with E-state index in [9.17, 15) is 4.79 Å². The Kier molecular flexibility index (Phi) is 3.71. The van der Waals surface area contributed by atoms with Crippen LogP contribution in [0.2, 0.25) is 0 Å². The molecule has 1 heterocycles. The molecule has 6 heteroatoms. The molecule has 0 spiro atoms. The van der Waals surface area contributed by atoms with Crippen LogP contribution in [0.1, 0.15) is 0 Å². The number of aromatic amines is 1. The van der Waals surface area contributed by atoms with Gasteiger partial charge in [-0.3, -0.25) is 9.89 Å². The highest BCUT2D eigenvalue weighted by Crippen LogP contribution is 2.18. The van der Waals surface area contributed by atoms with Gasteiger partial charge in [-0.2, -0.15) is 5.10 Å². The monoisotopic (exact) mass is 246 g/mol. The molecule has 0 aliphatic carbocycles. The molecule has 0 fully saturated rings. The number of hydrogen-bond donors (Lipinski definition) is 4. The lowest BCUT2D eigenvalue weighted by Crippen LogP contribution is -2.38. The summed E-state index contributed by atoms with van der Waals surface area (Å²) in [6, 6.07) is 10.4. The van der Waals surface area contributed by atoms with Crippen molar-refractivity contribution in [3.05, 3.63) is 36.4 Å². The molecule has 6 nitrogen and oxygen atoms in total. The number of rotatable bonds is 4. The molecule has 1 aromatic carbocycles. The maximum Gasteiger partial charge on any atom is 0.244 e. The third-order valence-electron chi connectivity index (χ3n) is 2.45. The Morgan fingerprint density at radius 1 is 1.44 bits per heavy atom. The molecule has 1 aromatic heterocycles. The third kappa shape index (κ3) is 2.73. The van der Waals surface area contributed by atoms with E-state index >= 15 is 0 Å². The molecule has 18 heavy (non-hydrogen) atoms. The second-order valence-electron chi connectivity index (χ2n) is 3.81. The van der Waals surface area contributed by atoms with Gasteiger partial charge >= 0.3 is 0 Å². The van der Waals surface area contributed by atoms with E-state index in [1.54, 1.807) is 6.07 Å². The van der Waals surface area contributed by atoms with E-state index in [-0.39, 0.29) is 0 Å². The number of amides is 1. The second-order valence-corrected chi connectivity index (χ2v) is 3.81. The molecular weight excluding hydrogens is 232 g/mol. The molecule has 0 aliphatic rings. The van der Waals surface area contributed by atoms with Crippen molar-refractivity contribution in [3.63, 3.8) is 0 Å². The van der Waals surface area contributed by atoms with E-state index in [2.05, 4.69) is 15.5 Å². The van der Waals surface area contributed by atoms with Crippen LogP contribution in [-0.4, -0.2) is 33.9 Å². The fraction of sp³-hybridized carbons (Fsp3) is 0.167. The number of carbonyl (C=O) groups is 1. The molecule has 1 amide bonds. The Labute approximate surface area is 104 Å². The molecule has 0 saturated carbocycles. The molecule has 0 saturated heterocycles. The maximum atomic E-state index is 11.4. The van der Waals surface area contributed by atoms with Gasteiger partial charge in [0.05, 0.1) is 12.3 Å². The normalized spacial score (nSPS) is 12.1. The van der Waals surface area contributed by atoms with Gasteiger partial charge in [0.15, 0.2) is 5.82 Å². The van der Waals surface area contributed by atoms with Crippen molar-refractivity contribution in [2.24, 2.45) is 5.73 Å². The summed E-state index contributed by atoms with van der Waals surface area (Å²) in [5.74, 6) is -0.0913. The van der Waals surface area contributed by atoms with Gasteiger partial charge < -0.3 is 16.2 Å². The van der Waals surface area contributed by atoms with Crippen LogP contribution in [0.25, 0.3) is 11.3 Å². The Bertz CT molecular complexity index is 524.